The molecule has 0 radical (unpaired) electrons. The molecule has 1 aliphatic heterocycles. The van der Waals surface area contributed by atoms with Gasteiger partial charge in [0.1, 0.15) is 5.69 Å². The predicted molar refractivity (Wildman–Crippen MR) is 102 cm³/mol. The average molecular weight is 398 g/mol. The molecular weight excluding hydrogens is 378 g/mol. The maximum Gasteiger partial charge on any atom is 0.262 e. The highest BCUT2D eigenvalue weighted by Crippen LogP contribution is 2.27. The van der Waals surface area contributed by atoms with Crippen LogP contribution in [0.4, 0.5) is 17.5 Å². The number of ether oxygens (including phenoxy) is 1. The molecule has 2 heterocycles. The Labute approximate surface area is 157 Å². The number of benzene rings is 1. The van der Waals surface area contributed by atoms with Crippen LogP contribution < -0.4 is 14.5 Å². The van der Waals surface area contributed by atoms with Crippen molar-refractivity contribution in [3.8, 4) is 0 Å². The third kappa shape index (κ3) is 4.17. The zero-order valence-electron chi connectivity index (χ0n) is 14.5. The van der Waals surface area contributed by atoms with E-state index in [0.717, 1.165) is 0 Å². The van der Waals surface area contributed by atoms with E-state index in [1.807, 2.05) is 4.90 Å². The second kappa shape index (κ2) is 7.65. The Morgan fingerprint density at radius 1 is 1.19 bits per heavy atom. The number of morpholine rings is 1. The van der Waals surface area contributed by atoms with Gasteiger partial charge in [0.2, 0.25) is 5.95 Å². The predicted octanol–water partition coefficient (Wildman–Crippen LogP) is 1.83. The summed E-state index contributed by atoms with van der Waals surface area (Å²) in [5.41, 5.74) is 0.307. The third-order valence-electron chi connectivity index (χ3n) is 3.84. The van der Waals surface area contributed by atoms with E-state index in [1.54, 1.807) is 19.0 Å². The number of hydrogen-bond donors (Lipinski definition) is 1. The van der Waals surface area contributed by atoms with Gasteiger partial charge in [0.05, 0.1) is 24.3 Å². The number of nitrogens with one attached hydrogen (secondary N) is 1. The first-order chi connectivity index (χ1) is 12.4. The molecule has 1 aliphatic rings. The van der Waals surface area contributed by atoms with E-state index in [0.29, 0.717) is 48.8 Å². The summed E-state index contributed by atoms with van der Waals surface area (Å²) in [5, 5.41) is 0.469. The Balaban J connectivity index is 1.90. The highest BCUT2D eigenvalue weighted by molar-refractivity contribution is 7.92. The summed E-state index contributed by atoms with van der Waals surface area (Å²) in [4.78, 5) is 12.7. The van der Waals surface area contributed by atoms with Crippen molar-refractivity contribution in [1.29, 1.82) is 0 Å². The Morgan fingerprint density at radius 3 is 2.46 bits per heavy atom. The van der Waals surface area contributed by atoms with Gasteiger partial charge in [0, 0.05) is 32.2 Å². The van der Waals surface area contributed by atoms with Crippen LogP contribution in [0.1, 0.15) is 0 Å². The second-order valence-corrected chi connectivity index (χ2v) is 8.08. The molecule has 0 bridgehead atoms. The number of halogens is 1. The molecule has 3 rings (SSSR count). The smallest absolute Gasteiger partial charge is 0.262 e. The number of nitrogens with zero attached hydrogens (tertiary/aromatic N) is 4. The van der Waals surface area contributed by atoms with Gasteiger partial charge in [0.15, 0.2) is 5.82 Å². The summed E-state index contributed by atoms with van der Waals surface area (Å²) in [6.07, 6.45) is 1.49. The van der Waals surface area contributed by atoms with Crippen molar-refractivity contribution in [3.63, 3.8) is 0 Å². The summed E-state index contributed by atoms with van der Waals surface area (Å²) < 4.78 is 33.1. The van der Waals surface area contributed by atoms with Crippen LogP contribution in [-0.2, 0) is 14.8 Å². The molecule has 1 aromatic heterocycles. The van der Waals surface area contributed by atoms with Gasteiger partial charge in [-0.15, -0.1) is 0 Å². The lowest BCUT2D eigenvalue weighted by Gasteiger charge is -2.28. The molecule has 26 heavy (non-hydrogen) atoms. The fraction of sp³-hybridized carbons (Fsp3) is 0.375. The zero-order valence-corrected chi connectivity index (χ0v) is 16.1. The SMILES string of the molecule is CN(C)c1nc(N2CCOCC2)ncc1NS(=O)(=O)c1ccc(Cl)cc1. The van der Waals surface area contributed by atoms with Gasteiger partial charge in [-0.2, -0.15) is 4.98 Å². The Hall–Kier alpha value is -2.10. The maximum atomic E-state index is 12.6. The van der Waals surface area contributed by atoms with Gasteiger partial charge in [-0.05, 0) is 24.3 Å². The van der Waals surface area contributed by atoms with E-state index in [9.17, 15) is 8.42 Å². The summed E-state index contributed by atoms with van der Waals surface area (Å²) in [7, 11) is -0.178. The van der Waals surface area contributed by atoms with Crippen molar-refractivity contribution in [1.82, 2.24) is 9.97 Å². The molecule has 1 aromatic carbocycles. The van der Waals surface area contributed by atoms with E-state index >= 15 is 0 Å². The van der Waals surface area contributed by atoms with E-state index < -0.39 is 10.0 Å². The average Bonchev–Trinajstić information content (AvgIpc) is 2.62. The lowest BCUT2D eigenvalue weighted by molar-refractivity contribution is 0.122. The molecule has 1 saturated heterocycles. The Morgan fingerprint density at radius 2 is 1.85 bits per heavy atom. The van der Waals surface area contributed by atoms with E-state index in [4.69, 9.17) is 16.3 Å². The normalized spacial score (nSPS) is 15.0. The van der Waals surface area contributed by atoms with Gasteiger partial charge >= 0.3 is 0 Å². The molecule has 0 spiro atoms. The molecule has 1 N–H and O–H groups in total. The minimum absolute atomic E-state index is 0.115. The van der Waals surface area contributed by atoms with Crippen LogP contribution in [0.3, 0.4) is 0 Å². The van der Waals surface area contributed by atoms with Crippen LogP contribution in [0.15, 0.2) is 35.4 Å². The van der Waals surface area contributed by atoms with Crippen LogP contribution in [0, 0.1) is 0 Å². The molecule has 0 unspecified atom stereocenters. The zero-order chi connectivity index (χ0) is 18.7. The monoisotopic (exact) mass is 397 g/mol. The van der Waals surface area contributed by atoms with Gasteiger partial charge in [0.25, 0.3) is 10.0 Å². The largest absolute Gasteiger partial charge is 0.378 e. The first-order valence-electron chi connectivity index (χ1n) is 8.02. The van der Waals surface area contributed by atoms with Crippen LogP contribution in [0.25, 0.3) is 0 Å². The van der Waals surface area contributed by atoms with Gasteiger partial charge in [-0.1, -0.05) is 11.6 Å². The van der Waals surface area contributed by atoms with Crippen molar-refractivity contribution >= 4 is 39.1 Å². The van der Waals surface area contributed by atoms with E-state index in [1.165, 1.54) is 30.5 Å². The van der Waals surface area contributed by atoms with Crippen LogP contribution >= 0.6 is 11.6 Å². The molecule has 0 amide bonds. The highest BCUT2D eigenvalue weighted by Gasteiger charge is 2.21. The Kier molecular flexibility index (Phi) is 5.49. The number of anilines is 3. The number of rotatable bonds is 5. The number of aromatic nitrogens is 2. The molecule has 8 nitrogen and oxygen atoms in total. The molecule has 0 aliphatic carbocycles. The number of hydrogen-bond acceptors (Lipinski definition) is 7. The Bertz CT molecular complexity index is 868. The van der Waals surface area contributed by atoms with Gasteiger partial charge < -0.3 is 14.5 Å². The lowest BCUT2D eigenvalue weighted by Crippen LogP contribution is -2.37. The minimum atomic E-state index is -3.77. The van der Waals surface area contributed by atoms with E-state index in [-0.39, 0.29) is 4.90 Å². The van der Waals surface area contributed by atoms with Crippen LogP contribution in [0.5, 0.6) is 0 Å². The van der Waals surface area contributed by atoms with Crippen LogP contribution in [0.2, 0.25) is 5.02 Å². The molecule has 140 valence electrons. The highest BCUT2D eigenvalue weighted by atomic mass is 35.5. The summed E-state index contributed by atoms with van der Waals surface area (Å²) in [6, 6.07) is 5.95. The summed E-state index contributed by atoms with van der Waals surface area (Å²) in [5.74, 6) is 1.03. The van der Waals surface area contributed by atoms with Gasteiger partial charge in [-0.3, -0.25) is 4.72 Å². The maximum absolute atomic E-state index is 12.6. The molecular formula is C16H20ClN5O3S. The van der Waals surface area contributed by atoms with Crippen LogP contribution in [-0.4, -0.2) is 58.8 Å². The third-order valence-corrected chi connectivity index (χ3v) is 5.48. The fourth-order valence-corrected chi connectivity index (χ4v) is 3.68. The summed E-state index contributed by atoms with van der Waals surface area (Å²) >= 11 is 5.82. The first kappa shape index (κ1) is 18.7. The fourth-order valence-electron chi connectivity index (χ4n) is 2.51. The molecule has 0 saturated carbocycles. The van der Waals surface area contributed by atoms with Crippen molar-refractivity contribution in [2.45, 2.75) is 4.90 Å². The molecule has 10 heteroatoms. The molecule has 1 fully saturated rings. The quantitative estimate of drug-likeness (QED) is 0.823. The molecule has 0 atom stereocenters. The first-order valence-corrected chi connectivity index (χ1v) is 9.88. The lowest BCUT2D eigenvalue weighted by atomic mass is 10.4. The van der Waals surface area contributed by atoms with Crippen molar-refractivity contribution in [2.24, 2.45) is 0 Å². The second-order valence-electron chi connectivity index (χ2n) is 5.96. The van der Waals surface area contributed by atoms with Crippen molar-refractivity contribution in [2.75, 3.05) is 54.9 Å². The standard InChI is InChI=1S/C16H20ClN5O3S/c1-21(2)15-14(11-18-16(19-15)22-7-9-25-10-8-22)20-26(23,24)13-5-3-12(17)4-6-13/h3-6,11,20H,7-10H2,1-2H3. The topological polar surface area (TPSA) is 87.7 Å². The van der Waals surface area contributed by atoms with Gasteiger partial charge in [-0.25, -0.2) is 13.4 Å². The number of sulfonamides is 1. The minimum Gasteiger partial charge on any atom is -0.378 e. The van der Waals surface area contributed by atoms with Crippen molar-refractivity contribution < 1.29 is 13.2 Å². The van der Waals surface area contributed by atoms with E-state index in [2.05, 4.69) is 14.7 Å². The summed E-state index contributed by atoms with van der Waals surface area (Å²) in [6.45, 7) is 2.63. The van der Waals surface area contributed by atoms with Crippen molar-refractivity contribution in [3.05, 3.63) is 35.5 Å². The molecule has 2 aromatic rings.